The molecule has 0 saturated carbocycles. The number of fused-ring (bicyclic) bond motifs is 1. The SMILES string of the molecule is CC(C)(CC[C@@H](SCc1ccccc1C(C)(C)O)c1cccc(CCc2ccc3ccc(Cl)cc3n2)c1)CC(=O)[O-]. The number of carbonyl (C=O) groups is 1. The van der Waals surface area contributed by atoms with Gasteiger partial charge < -0.3 is 15.0 Å². The lowest BCUT2D eigenvalue weighted by Gasteiger charge is -2.28. The van der Waals surface area contributed by atoms with Crippen LogP contribution in [0.4, 0.5) is 0 Å². The molecule has 1 heterocycles. The van der Waals surface area contributed by atoms with Gasteiger partial charge in [0.25, 0.3) is 0 Å². The van der Waals surface area contributed by atoms with Crippen LogP contribution in [-0.2, 0) is 29.0 Å². The molecule has 0 radical (unpaired) electrons. The van der Waals surface area contributed by atoms with Crippen molar-refractivity contribution in [3.05, 3.63) is 112 Å². The second kappa shape index (κ2) is 13.4. The van der Waals surface area contributed by atoms with Crippen LogP contribution < -0.4 is 5.11 Å². The maximum atomic E-state index is 11.3. The molecule has 0 aliphatic carbocycles. The van der Waals surface area contributed by atoms with Crippen molar-refractivity contribution >= 4 is 40.2 Å². The monoisotopic (exact) mass is 588 g/mol. The predicted molar refractivity (Wildman–Crippen MR) is 169 cm³/mol. The number of carboxylic acids is 1. The summed E-state index contributed by atoms with van der Waals surface area (Å²) < 4.78 is 0. The van der Waals surface area contributed by atoms with Crippen molar-refractivity contribution in [3.63, 3.8) is 0 Å². The number of nitrogens with zero attached hydrogens (tertiary/aromatic N) is 1. The second-order valence-electron chi connectivity index (χ2n) is 12.2. The van der Waals surface area contributed by atoms with Crippen molar-refractivity contribution in [1.29, 1.82) is 0 Å². The van der Waals surface area contributed by atoms with E-state index >= 15 is 0 Å². The molecule has 4 nitrogen and oxygen atoms in total. The van der Waals surface area contributed by atoms with Crippen molar-refractivity contribution in [1.82, 2.24) is 4.98 Å². The number of benzene rings is 3. The van der Waals surface area contributed by atoms with E-state index in [0.29, 0.717) is 5.02 Å². The standard InChI is InChI=1S/C35H40ClNO3S/c1-34(2,22-33(38)39)19-18-32(41-23-27-9-5-6-11-30(27)35(3,4)40)26-10-7-8-24(20-26)12-16-29-17-14-25-13-15-28(36)21-31(25)37-29/h5-11,13-15,17,20-21,32,40H,12,16,18-19,22-23H2,1-4H3,(H,38,39)/p-1/t32-/m1/s1. The maximum Gasteiger partial charge on any atom is 0.0843 e. The van der Waals surface area contributed by atoms with E-state index < -0.39 is 11.6 Å². The Morgan fingerprint density at radius 1 is 0.976 bits per heavy atom. The van der Waals surface area contributed by atoms with Gasteiger partial charge in [0.2, 0.25) is 0 Å². The Bertz CT molecular complexity index is 1490. The molecule has 0 spiro atoms. The van der Waals surface area contributed by atoms with Gasteiger partial charge in [-0.2, -0.15) is 0 Å². The number of aromatic nitrogens is 1. The van der Waals surface area contributed by atoms with E-state index in [2.05, 4.69) is 42.5 Å². The minimum atomic E-state index is -1.01. The third-order valence-electron chi connectivity index (χ3n) is 7.53. The average molecular weight is 589 g/mol. The molecule has 0 aliphatic heterocycles. The fourth-order valence-electron chi connectivity index (χ4n) is 5.27. The predicted octanol–water partition coefficient (Wildman–Crippen LogP) is 7.82. The number of hydrogen-bond donors (Lipinski definition) is 1. The average Bonchev–Trinajstić information content (AvgIpc) is 2.90. The van der Waals surface area contributed by atoms with Crippen LogP contribution in [0.5, 0.6) is 0 Å². The van der Waals surface area contributed by atoms with E-state index in [0.717, 1.165) is 59.2 Å². The van der Waals surface area contributed by atoms with Gasteiger partial charge >= 0.3 is 0 Å². The van der Waals surface area contributed by atoms with E-state index in [9.17, 15) is 15.0 Å². The number of aliphatic hydroxyl groups is 1. The molecular weight excluding hydrogens is 550 g/mol. The first-order valence-electron chi connectivity index (χ1n) is 14.2. The van der Waals surface area contributed by atoms with Crippen molar-refractivity contribution in [2.24, 2.45) is 5.41 Å². The zero-order valence-corrected chi connectivity index (χ0v) is 25.9. The van der Waals surface area contributed by atoms with Gasteiger partial charge in [0, 0.05) is 33.1 Å². The largest absolute Gasteiger partial charge is 0.550 e. The van der Waals surface area contributed by atoms with Crippen LogP contribution in [0, 0.1) is 5.41 Å². The minimum Gasteiger partial charge on any atom is -0.550 e. The summed E-state index contributed by atoms with van der Waals surface area (Å²) in [5, 5.41) is 24.0. The third kappa shape index (κ3) is 9.06. The first kappa shape index (κ1) is 31.1. The minimum absolute atomic E-state index is 0.0376. The molecule has 0 fully saturated rings. The summed E-state index contributed by atoms with van der Waals surface area (Å²) in [4.78, 5) is 16.2. The fourth-order valence-corrected chi connectivity index (χ4v) is 6.70. The highest BCUT2D eigenvalue weighted by atomic mass is 35.5. The lowest BCUT2D eigenvalue weighted by atomic mass is 9.83. The molecule has 6 heteroatoms. The van der Waals surface area contributed by atoms with Crippen molar-refractivity contribution < 1.29 is 15.0 Å². The van der Waals surface area contributed by atoms with Gasteiger partial charge in [0.05, 0.1) is 11.1 Å². The van der Waals surface area contributed by atoms with Gasteiger partial charge in [0.1, 0.15) is 0 Å². The summed E-state index contributed by atoms with van der Waals surface area (Å²) in [7, 11) is 0. The fraction of sp³-hybridized carbons (Fsp3) is 0.371. The normalized spacial score (nSPS) is 12.9. The number of pyridine rings is 1. The Morgan fingerprint density at radius 3 is 2.49 bits per heavy atom. The van der Waals surface area contributed by atoms with Crippen LogP contribution >= 0.6 is 23.4 Å². The Kier molecular flexibility index (Phi) is 10.2. The van der Waals surface area contributed by atoms with E-state index in [-0.39, 0.29) is 17.1 Å². The number of thioether (sulfide) groups is 1. The molecule has 4 rings (SSSR count). The summed E-state index contributed by atoms with van der Waals surface area (Å²) in [6.45, 7) is 7.63. The van der Waals surface area contributed by atoms with E-state index in [1.165, 1.54) is 11.1 Å². The molecule has 0 saturated heterocycles. The third-order valence-corrected chi connectivity index (χ3v) is 9.15. The van der Waals surface area contributed by atoms with Crippen molar-refractivity contribution in [3.8, 4) is 0 Å². The zero-order chi connectivity index (χ0) is 29.6. The summed E-state index contributed by atoms with van der Waals surface area (Å²) in [5.41, 5.74) is 5.18. The molecular formula is C35H39ClNO3S-. The second-order valence-corrected chi connectivity index (χ2v) is 13.8. The van der Waals surface area contributed by atoms with Gasteiger partial charge in [-0.05, 0) is 91.8 Å². The highest BCUT2D eigenvalue weighted by Crippen LogP contribution is 2.41. The lowest BCUT2D eigenvalue weighted by Crippen LogP contribution is -2.29. The number of carboxylic acid groups (broad SMARTS) is 1. The van der Waals surface area contributed by atoms with E-state index in [1.807, 2.05) is 75.9 Å². The van der Waals surface area contributed by atoms with Gasteiger partial charge in [-0.25, -0.2) is 0 Å². The van der Waals surface area contributed by atoms with Gasteiger partial charge in [-0.1, -0.05) is 86.1 Å². The summed E-state index contributed by atoms with van der Waals surface area (Å²) in [5.74, 6) is -0.260. The van der Waals surface area contributed by atoms with Crippen LogP contribution in [0.2, 0.25) is 5.02 Å². The lowest BCUT2D eigenvalue weighted by molar-refractivity contribution is -0.308. The molecule has 0 amide bonds. The molecule has 4 aromatic rings. The Labute approximate surface area is 253 Å². The number of rotatable bonds is 13. The van der Waals surface area contributed by atoms with Crippen LogP contribution in [0.3, 0.4) is 0 Å². The Morgan fingerprint density at radius 2 is 1.73 bits per heavy atom. The highest BCUT2D eigenvalue weighted by Gasteiger charge is 2.24. The zero-order valence-electron chi connectivity index (χ0n) is 24.3. The van der Waals surface area contributed by atoms with Crippen molar-refractivity contribution in [2.45, 2.75) is 76.4 Å². The molecule has 0 bridgehead atoms. The van der Waals surface area contributed by atoms with E-state index in [1.54, 1.807) is 0 Å². The number of aryl methyl sites for hydroxylation is 2. The summed E-state index contributed by atoms with van der Waals surface area (Å²) in [6, 6.07) is 26.7. The molecule has 1 atom stereocenters. The molecule has 216 valence electrons. The number of halogens is 1. The molecule has 41 heavy (non-hydrogen) atoms. The van der Waals surface area contributed by atoms with Crippen LogP contribution in [0.1, 0.15) is 80.2 Å². The Hall–Kier alpha value is -2.86. The smallest absolute Gasteiger partial charge is 0.0843 e. The van der Waals surface area contributed by atoms with Crippen molar-refractivity contribution in [2.75, 3.05) is 0 Å². The van der Waals surface area contributed by atoms with Crippen LogP contribution in [0.15, 0.2) is 78.9 Å². The van der Waals surface area contributed by atoms with Crippen LogP contribution in [0.25, 0.3) is 10.9 Å². The molecule has 1 aromatic heterocycles. The van der Waals surface area contributed by atoms with Gasteiger partial charge in [-0.3, -0.25) is 4.98 Å². The quantitative estimate of drug-likeness (QED) is 0.172. The first-order valence-corrected chi connectivity index (χ1v) is 15.6. The first-order chi connectivity index (χ1) is 19.4. The highest BCUT2D eigenvalue weighted by molar-refractivity contribution is 7.98. The summed E-state index contributed by atoms with van der Waals surface area (Å²) >= 11 is 8.02. The molecule has 0 unspecified atom stereocenters. The maximum absolute atomic E-state index is 11.3. The molecule has 1 N–H and O–H groups in total. The molecule has 3 aromatic carbocycles. The van der Waals surface area contributed by atoms with Gasteiger partial charge in [0.15, 0.2) is 0 Å². The van der Waals surface area contributed by atoms with Crippen LogP contribution in [-0.4, -0.2) is 16.1 Å². The number of carbonyl (C=O) groups excluding carboxylic acids is 1. The topological polar surface area (TPSA) is 73.2 Å². The number of hydrogen-bond acceptors (Lipinski definition) is 5. The number of aliphatic carboxylic acids is 1. The summed E-state index contributed by atoms with van der Waals surface area (Å²) in [6.07, 6.45) is 3.32. The van der Waals surface area contributed by atoms with Gasteiger partial charge in [-0.15, -0.1) is 11.8 Å². The Balaban J connectivity index is 1.53. The molecule has 0 aliphatic rings. The van der Waals surface area contributed by atoms with E-state index in [4.69, 9.17) is 16.6 Å².